The molecule has 0 bridgehead atoms. The number of anilines is 1. The lowest BCUT2D eigenvalue weighted by molar-refractivity contribution is 0.794. The van der Waals surface area contributed by atoms with E-state index in [2.05, 4.69) is 38.1 Å². The summed E-state index contributed by atoms with van der Waals surface area (Å²) in [5, 5.41) is 6.52. The molecule has 2 aromatic rings. The van der Waals surface area contributed by atoms with Gasteiger partial charge in [0.1, 0.15) is 0 Å². The van der Waals surface area contributed by atoms with Gasteiger partial charge in [-0.2, -0.15) is 0 Å². The van der Waals surface area contributed by atoms with Gasteiger partial charge in [-0.1, -0.05) is 6.92 Å². The van der Waals surface area contributed by atoms with E-state index in [9.17, 15) is 0 Å². The fourth-order valence-corrected chi connectivity index (χ4v) is 2.41. The number of thiazole rings is 1. The molecular weight excluding hydrogens is 286 g/mol. The zero-order valence-electron chi connectivity index (χ0n) is 8.85. The molecule has 0 amide bonds. The zero-order valence-corrected chi connectivity index (χ0v) is 11.3. The lowest BCUT2D eigenvalue weighted by Gasteiger charge is -2.10. The number of aromatic nitrogens is 2. The third-order valence-corrected chi connectivity index (χ3v) is 3.63. The third kappa shape index (κ3) is 3.02. The van der Waals surface area contributed by atoms with Crippen LogP contribution in [0.3, 0.4) is 0 Å². The summed E-state index contributed by atoms with van der Waals surface area (Å²) in [5.74, 6) is 0.416. The van der Waals surface area contributed by atoms with Gasteiger partial charge in [-0.05, 0) is 22.0 Å². The minimum atomic E-state index is 0.416. The van der Waals surface area contributed by atoms with Gasteiger partial charge in [0, 0.05) is 34.7 Å². The Hall–Kier alpha value is -0.940. The molecule has 16 heavy (non-hydrogen) atoms. The summed E-state index contributed by atoms with van der Waals surface area (Å²) in [4.78, 5) is 8.40. The molecule has 0 unspecified atom stereocenters. The summed E-state index contributed by atoms with van der Waals surface area (Å²) in [7, 11) is 0. The van der Waals surface area contributed by atoms with Crippen LogP contribution in [-0.4, -0.2) is 16.5 Å². The van der Waals surface area contributed by atoms with E-state index in [4.69, 9.17) is 0 Å². The number of pyridine rings is 1. The molecule has 0 fully saturated rings. The Balaban J connectivity index is 1.92. The second kappa shape index (κ2) is 5.41. The molecule has 0 saturated carbocycles. The average Bonchev–Trinajstić information content (AvgIpc) is 2.79. The lowest BCUT2D eigenvalue weighted by Crippen LogP contribution is -2.09. The van der Waals surface area contributed by atoms with Crippen LogP contribution in [0.1, 0.15) is 17.8 Å². The highest BCUT2D eigenvalue weighted by Gasteiger charge is 2.07. The number of nitrogens with one attached hydrogen (secondary N) is 1. The Morgan fingerprint density at radius 3 is 3.06 bits per heavy atom. The molecule has 0 spiro atoms. The lowest BCUT2D eigenvalue weighted by atomic mass is 10.2. The van der Waals surface area contributed by atoms with Crippen LogP contribution >= 0.6 is 27.3 Å². The molecule has 84 valence electrons. The SMILES string of the molecule is C[C@@H](CNc1cncc(Br)c1)c1nccs1. The Morgan fingerprint density at radius 1 is 1.50 bits per heavy atom. The fourth-order valence-electron chi connectivity index (χ4n) is 1.34. The molecule has 0 aliphatic carbocycles. The van der Waals surface area contributed by atoms with Gasteiger partial charge in [-0.3, -0.25) is 4.98 Å². The molecule has 2 rings (SSSR count). The van der Waals surface area contributed by atoms with Gasteiger partial charge in [0.05, 0.1) is 16.9 Å². The summed E-state index contributed by atoms with van der Waals surface area (Å²) in [6.07, 6.45) is 5.44. The number of hydrogen-bond donors (Lipinski definition) is 1. The molecule has 2 aromatic heterocycles. The van der Waals surface area contributed by atoms with E-state index in [-0.39, 0.29) is 0 Å². The number of hydrogen-bond acceptors (Lipinski definition) is 4. The maximum atomic E-state index is 4.30. The van der Waals surface area contributed by atoms with Crippen LogP contribution in [0.2, 0.25) is 0 Å². The van der Waals surface area contributed by atoms with Gasteiger partial charge >= 0.3 is 0 Å². The molecule has 0 aliphatic rings. The quantitative estimate of drug-likeness (QED) is 0.938. The molecule has 0 aromatic carbocycles. The Labute approximate surface area is 107 Å². The second-order valence-electron chi connectivity index (χ2n) is 3.54. The van der Waals surface area contributed by atoms with Crippen molar-refractivity contribution in [3.8, 4) is 0 Å². The molecule has 5 heteroatoms. The largest absolute Gasteiger partial charge is 0.383 e. The van der Waals surface area contributed by atoms with E-state index in [0.717, 1.165) is 21.7 Å². The van der Waals surface area contributed by atoms with Crippen LogP contribution in [0.25, 0.3) is 0 Å². The van der Waals surface area contributed by atoms with Crippen LogP contribution in [-0.2, 0) is 0 Å². The van der Waals surface area contributed by atoms with Crippen LogP contribution in [0, 0.1) is 0 Å². The van der Waals surface area contributed by atoms with Crippen molar-refractivity contribution in [3.05, 3.63) is 39.5 Å². The van der Waals surface area contributed by atoms with Crippen molar-refractivity contribution in [3.63, 3.8) is 0 Å². The van der Waals surface area contributed by atoms with E-state index in [0.29, 0.717) is 5.92 Å². The van der Waals surface area contributed by atoms with E-state index < -0.39 is 0 Å². The highest BCUT2D eigenvalue weighted by molar-refractivity contribution is 9.10. The van der Waals surface area contributed by atoms with Crippen LogP contribution in [0.5, 0.6) is 0 Å². The smallest absolute Gasteiger partial charge is 0.0970 e. The Morgan fingerprint density at radius 2 is 2.38 bits per heavy atom. The molecule has 3 nitrogen and oxygen atoms in total. The molecule has 1 atom stereocenters. The molecule has 1 N–H and O–H groups in total. The number of nitrogens with zero attached hydrogens (tertiary/aromatic N) is 2. The first-order valence-electron chi connectivity index (χ1n) is 4.99. The fraction of sp³-hybridized carbons (Fsp3) is 0.273. The summed E-state index contributed by atoms with van der Waals surface area (Å²) in [6, 6.07) is 2.02. The van der Waals surface area contributed by atoms with E-state index in [1.807, 2.05) is 23.8 Å². The van der Waals surface area contributed by atoms with E-state index in [1.54, 1.807) is 17.5 Å². The minimum Gasteiger partial charge on any atom is -0.383 e. The van der Waals surface area contributed by atoms with Crippen LogP contribution in [0.4, 0.5) is 5.69 Å². The van der Waals surface area contributed by atoms with Gasteiger partial charge < -0.3 is 5.32 Å². The zero-order chi connectivity index (χ0) is 11.4. The first-order chi connectivity index (χ1) is 7.75. The molecular formula is C11H12BrN3S. The van der Waals surface area contributed by atoms with Gasteiger partial charge in [-0.15, -0.1) is 11.3 Å². The first kappa shape index (κ1) is 11.5. The Kier molecular flexibility index (Phi) is 3.90. The average molecular weight is 298 g/mol. The molecule has 0 radical (unpaired) electrons. The van der Waals surface area contributed by atoms with Crippen molar-refractivity contribution in [2.75, 3.05) is 11.9 Å². The van der Waals surface area contributed by atoms with Crippen molar-refractivity contribution in [2.45, 2.75) is 12.8 Å². The summed E-state index contributed by atoms with van der Waals surface area (Å²) in [5.41, 5.74) is 1.03. The third-order valence-electron chi connectivity index (χ3n) is 2.19. The highest BCUT2D eigenvalue weighted by Crippen LogP contribution is 2.19. The highest BCUT2D eigenvalue weighted by atomic mass is 79.9. The van der Waals surface area contributed by atoms with E-state index >= 15 is 0 Å². The predicted octanol–water partition coefficient (Wildman–Crippen LogP) is 3.52. The van der Waals surface area contributed by atoms with Crippen molar-refractivity contribution in [1.29, 1.82) is 0 Å². The van der Waals surface area contributed by atoms with Crippen LogP contribution in [0.15, 0.2) is 34.5 Å². The summed E-state index contributed by atoms with van der Waals surface area (Å²) < 4.78 is 0.986. The minimum absolute atomic E-state index is 0.416. The number of halogens is 1. The predicted molar refractivity (Wildman–Crippen MR) is 71.0 cm³/mol. The van der Waals surface area contributed by atoms with Gasteiger partial charge in [0.25, 0.3) is 0 Å². The van der Waals surface area contributed by atoms with Crippen molar-refractivity contribution in [2.24, 2.45) is 0 Å². The summed E-state index contributed by atoms with van der Waals surface area (Å²) in [6.45, 7) is 3.03. The monoisotopic (exact) mass is 297 g/mol. The van der Waals surface area contributed by atoms with Crippen molar-refractivity contribution in [1.82, 2.24) is 9.97 Å². The molecule has 0 saturated heterocycles. The Bertz CT molecular complexity index is 444. The van der Waals surface area contributed by atoms with E-state index in [1.165, 1.54) is 0 Å². The van der Waals surface area contributed by atoms with Gasteiger partial charge in [-0.25, -0.2) is 4.98 Å². The second-order valence-corrected chi connectivity index (χ2v) is 5.39. The number of rotatable bonds is 4. The van der Waals surface area contributed by atoms with Crippen molar-refractivity contribution >= 4 is 33.0 Å². The normalized spacial score (nSPS) is 12.4. The molecule has 2 heterocycles. The maximum Gasteiger partial charge on any atom is 0.0970 e. The maximum absolute atomic E-state index is 4.30. The first-order valence-corrected chi connectivity index (χ1v) is 6.67. The molecule has 0 aliphatic heterocycles. The van der Waals surface area contributed by atoms with Gasteiger partial charge in [0.2, 0.25) is 0 Å². The topological polar surface area (TPSA) is 37.8 Å². The standard InChI is InChI=1S/C11H12BrN3S/c1-8(11-14-2-3-16-11)5-15-10-4-9(12)6-13-7-10/h2-4,6-8,15H,5H2,1H3/t8-/m0/s1. The summed E-state index contributed by atoms with van der Waals surface area (Å²) >= 11 is 5.09. The van der Waals surface area contributed by atoms with Crippen LogP contribution < -0.4 is 5.32 Å². The van der Waals surface area contributed by atoms with Gasteiger partial charge in [0.15, 0.2) is 0 Å². The van der Waals surface area contributed by atoms with Crippen molar-refractivity contribution < 1.29 is 0 Å².